The van der Waals surface area contributed by atoms with E-state index in [0.29, 0.717) is 34.8 Å². The molecule has 134 valence electrons. The fourth-order valence-electron chi connectivity index (χ4n) is 2.57. The average molecular weight is 347 g/mol. The molecule has 0 spiro atoms. The van der Waals surface area contributed by atoms with Gasteiger partial charge in [0.05, 0.1) is 38.5 Å². The Balaban J connectivity index is 2.33. The van der Waals surface area contributed by atoms with Crippen molar-refractivity contribution in [2.75, 3.05) is 14.2 Å². The summed E-state index contributed by atoms with van der Waals surface area (Å²) in [4.78, 5) is 23.8. The summed E-state index contributed by atoms with van der Waals surface area (Å²) >= 11 is 0. The van der Waals surface area contributed by atoms with Gasteiger partial charge < -0.3 is 24.3 Å². The number of rotatable bonds is 8. The monoisotopic (exact) mass is 347 g/mol. The van der Waals surface area contributed by atoms with Crippen LogP contribution in [0.2, 0.25) is 0 Å². The molecular formula is C18H21NO6. The fourth-order valence-corrected chi connectivity index (χ4v) is 2.57. The molecule has 0 fully saturated rings. The summed E-state index contributed by atoms with van der Waals surface area (Å²) in [6.45, 7) is 1.87. The van der Waals surface area contributed by atoms with E-state index in [4.69, 9.17) is 13.9 Å². The molecule has 1 amide bonds. The number of hydrogen-bond acceptors (Lipinski definition) is 5. The van der Waals surface area contributed by atoms with Crippen molar-refractivity contribution in [1.82, 2.24) is 5.32 Å². The predicted octanol–water partition coefficient (Wildman–Crippen LogP) is 2.81. The van der Waals surface area contributed by atoms with Crippen LogP contribution in [0.4, 0.5) is 0 Å². The van der Waals surface area contributed by atoms with Gasteiger partial charge in [-0.25, -0.2) is 0 Å². The number of furan rings is 1. The molecule has 25 heavy (non-hydrogen) atoms. The average Bonchev–Trinajstić information content (AvgIpc) is 3.09. The van der Waals surface area contributed by atoms with E-state index in [1.165, 1.54) is 20.5 Å². The molecule has 2 N–H and O–H groups in total. The second kappa shape index (κ2) is 8.23. The largest absolute Gasteiger partial charge is 0.497 e. The molecule has 1 atom stereocenters. The first-order chi connectivity index (χ1) is 12.0. The lowest BCUT2D eigenvalue weighted by Crippen LogP contribution is -2.30. The summed E-state index contributed by atoms with van der Waals surface area (Å²) in [5.41, 5.74) is 0.950. The Morgan fingerprint density at radius 3 is 2.60 bits per heavy atom. The highest BCUT2D eigenvalue weighted by atomic mass is 16.5. The smallest absolute Gasteiger partial charge is 0.305 e. The van der Waals surface area contributed by atoms with Crippen molar-refractivity contribution in [3.8, 4) is 11.5 Å². The molecule has 1 unspecified atom stereocenters. The van der Waals surface area contributed by atoms with E-state index in [1.807, 2.05) is 6.92 Å². The van der Waals surface area contributed by atoms with Crippen LogP contribution in [0.1, 0.15) is 41.1 Å². The molecule has 1 heterocycles. The van der Waals surface area contributed by atoms with Crippen LogP contribution in [0.3, 0.4) is 0 Å². The van der Waals surface area contributed by atoms with Gasteiger partial charge in [-0.2, -0.15) is 0 Å². The summed E-state index contributed by atoms with van der Waals surface area (Å²) in [7, 11) is 3.00. The van der Waals surface area contributed by atoms with E-state index in [-0.39, 0.29) is 6.42 Å². The standard InChI is InChI=1S/C18H21NO6/c1-4-15-13(7-8-25-15)18(22)19-14(10-17(20)21)12-6-5-11(23-2)9-16(12)24-3/h5-9,14H,4,10H2,1-3H3,(H,19,22)(H,20,21). The molecule has 1 aromatic carbocycles. The molecule has 7 nitrogen and oxygen atoms in total. The van der Waals surface area contributed by atoms with Crippen LogP contribution in [0.5, 0.6) is 11.5 Å². The maximum absolute atomic E-state index is 12.5. The van der Waals surface area contributed by atoms with Gasteiger partial charge in [0, 0.05) is 18.1 Å². The van der Waals surface area contributed by atoms with Crippen molar-refractivity contribution < 1.29 is 28.6 Å². The number of carboxylic acid groups (broad SMARTS) is 1. The normalized spacial score (nSPS) is 11.6. The van der Waals surface area contributed by atoms with E-state index in [1.54, 1.807) is 24.3 Å². The minimum atomic E-state index is -1.04. The predicted molar refractivity (Wildman–Crippen MR) is 90.1 cm³/mol. The Kier molecular flexibility index (Phi) is 6.05. The molecule has 0 bridgehead atoms. The first kappa shape index (κ1) is 18.4. The lowest BCUT2D eigenvalue weighted by atomic mass is 10.0. The lowest BCUT2D eigenvalue weighted by Gasteiger charge is -2.20. The number of amides is 1. The number of benzene rings is 1. The molecular weight excluding hydrogens is 326 g/mol. The molecule has 7 heteroatoms. The Morgan fingerprint density at radius 1 is 1.24 bits per heavy atom. The highest BCUT2D eigenvalue weighted by molar-refractivity contribution is 5.95. The molecule has 0 aliphatic carbocycles. The van der Waals surface area contributed by atoms with Crippen molar-refractivity contribution in [3.63, 3.8) is 0 Å². The van der Waals surface area contributed by atoms with Gasteiger partial charge in [-0.3, -0.25) is 9.59 Å². The van der Waals surface area contributed by atoms with Crippen LogP contribution < -0.4 is 14.8 Å². The van der Waals surface area contributed by atoms with Gasteiger partial charge in [-0.15, -0.1) is 0 Å². The Labute approximate surface area is 145 Å². The highest BCUT2D eigenvalue weighted by Crippen LogP contribution is 2.31. The van der Waals surface area contributed by atoms with Crippen molar-refractivity contribution in [3.05, 3.63) is 47.4 Å². The fraction of sp³-hybridized carbons (Fsp3) is 0.333. The van der Waals surface area contributed by atoms with E-state index in [9.17, 15) is 14.7 Å². The zero-order valence-electron chi connectivity index (χ0n) is 14.4. The lowest BCUT2D eigenvalue weighted by molar-refractivity contribution is -0.137. The number of nitrogens with one attached hydrogen (secondary N) is 1. The Hall–Kier alpha value is -2.96. The molecule has 0 aliphatic rings. The minimum absolute atomic E-state index is 0.284. The molecule has 0 radical (unpaired) electrons. The maximum atomic E-state index is 12.5. The summed E-state index contributed by atoms with van der Waals surface area (Å²) in [5, 5.41) is 12.0. The number of carboxylic acids is 1. The van der Waals surface area contributed by atoms with Gasteiger partial charge in [0.25, 0.3) is 5.91 Å². The SMILES string of the molecule is CCc1occc1C(=O)NC(CC(=O)O)c1ccc(OC)cc1OC. The molecule has 1 aromatic heterocycles. The number of ether oxygens (including phenoxy) is 2. The number of methoxy groups -OCH3 is 2. The van der Waals surface area contributed by atoms with Crippen LogP contribution in [-0.2, 0) is 11.2 Å². The summed E-state index contributed by atoms with van der Waals surface area (Å²) in [6.07, 6.45) is 1.72. The second-order valence-corrected chi connectivity index (χ2v) is 5.34. The Morgan fingerprint density at radius 2 is 2.00 bits per heavy atom. The van der Waals surface area contributed by atoms with Gasteiger partial charge in [-0.05, 0) is 18.2 Å². The highest BCUT2D eigenvalue weighted by Gasteiger charge is 2.24. The summed E-state index contributed by atoms with van der Waals surface area (Å²) < 4.78 is 15.7. The molecule has 0 saturated heterocycles. The first-order valence-corrected chi connectivity index (χ1v) is 7.81. The first-order valence-electron chi connectivity index (χ1n) is 7.81. The minimum Gasteiger partial charge on any atom is -0.497 e. The number of aryl methyl sites for hydroxylation is 1. The quantitative estimate of drug-likeness (QED) is 0.762. The van der Waals surface area contributed by atoms with Crippen molar-refractivity contribution in [1.29, 1.82) is 0 Å². The summed E-state index contributed by atoms with van der Waals surface area (Å²) in [6, 6.07) is 5.82. The molecule has 2 rings (SSSR count). The number of aliphatic carboxylic acids is 1. The Bertz CT molecular complexity index is 752. The van der Waals surface area contributed by atoms with Crippen molar-refractivity contribution in [2.45, 2.75) is 25.8 Å². The number of carbonyl (C=O) groups excluding carboxylic acids is 1. The number of hydrogen-bond donors (Lipinski definition) is 2. The second-order valence-electron chi connectivity index (χ2n) is 5.34. The third kappa shape index (κ3) is 4.32. The van der Waals surface area contributed by atoms with Crippen molar-refractivity contribution >= 4 is 11.9 Å². The van der Waals surface area contributed by atoms with Gasteiger partial charge in [0.15, 0.2) is 0 Å². The maximum Gasteiger partial charge on any atom is 0.305 e. The van der Waals surface area contributed by atoms with E-state index < -0.39 is 17.9 Å². The van der Waals surface area contributed by atoms with Crippen LogP contribution in [0.25, 0.3) is 0 Å². The third-order valence-electron chi connectivity index (χ3n) is 3.81. The van der Waals surface area contributed by atoms with E-state index >= 15 is 0 Å². The zero-order chi connectivity index (χ0) is 18.4. The molecule has 0 saturated carbocycles. The molecule has 0 aliphatic heterocycles. The van der Waals surface area contributed by atoms with Gasteiger partial charge >= 0.3 is 5.97 Å². The zero-order valence-corrected chi connectivity index (χ0v) is 14.4. The van der Waals surface area contributed by atoms with Gasteiger partial charge in [0.1, 0.15) is 17.3 Å². The number of carbonyl (C=O) groups is 2. The van der Waals surface area contributed by atoms with Crippen LogP contribution >= 0.6 is 0 Å². The summed E-state index contributed by atoms with van der Waals surface area (Å²) in [5.74, 6) is 0.131. The van der Waals surface area contributed by atoms with Crippen LogP contribution in [-0.4, -0.2) is 31.2 Å². The third-order valence-corrected chi connectivity index (χ3v) is 3.81. The van der Waals surface area contributed by atoms with Crippen molar-refractivity contribution in [2.24, 2.45) is 0 Å². The van der Waals surface area contributed by atoms with Crippen LogP contribution in [0.15, 0.2) is 34.9 Å². The van der Waals surface area contributed by atoms with Gasteiger partial charge in [0.2, 0.25) is 0 Å². The molecule has 2 aromatic rings. The van der Waals surface area contributed by atoms with Crippen LogP contribution in [0, 0.1) is 0 Å². The van der Waals surface area contributed by atoms with Gasteiger partial charge in [-0.1, -0.05) is 6.92 Å². The van der Waals surface area contributed by atoms with E-state index in [0.717, 1.165) is 0 Å². The topological polar surface area (TPSA) is 98.0 Å². The van der Waals surface area contributed by atoms with E-state index in [2.05, 4.69) is 5.32 Å².